The molecule has 1 unspecified atom stereocenters. The van der Waals surface area contributed by atoms with Crippen molar-refractivity contribution in [2.75, 3.05) is 0 Å². The number of benzene rings is 1. The van der Waals surface area contributed by atoms with Crippen molar-refractivity contribution < 1.29 is 8.42 Å². The first-order valence-corrected chi connectivity index (χ1v) is 7.76. The maximum atomic E-state index is 12.8. The van der Waals surface area contributed by atoms with Crippen LogP contribution in [0.4, 0.5) is 0 Å². The van der Waals surface area contributed by atoms with E-state index in [1.807, 2.05) is 6.07 Å². The van der Waals surface area contributed by atoms with Gasteiger partial charge in [0.1, 0.15) is 0 Å². The fourth-order valence-electron chi connectivity index (χ4n) is 2.09. The lowest BCUT2D eigenvalue weighted by atomic mass is 9.97. The summed E-state index contributed by atoms with van der Waals surface area (Å²) in [5, 5.41) is 8.77. The van der Waals surface area contributed by atoms with E-state index in [4.69, 9.17) is 11.7 Å². The quantitative estimate of drug-likeness (QED) is 0.572. The zero-order valence-electron chi connectivity index (χ0n) is 11.2. The van der Waals surface area contributed by atoms with Crippen molar-refractivity contribution in [2.24, 2.45) is 0 Å². The molecule has 4 heteroatoms. The summed E-state index contributed by atoms with van der Waals surface area (Å²) in [5.41, 5.74) is 0. The van der Waals surface area contributed by atoms with Gasteiger partial charge in [0.05, 0.1) is 15.7 Å². The number of hydrogen-bond acceptors (Lipinski definition) is 3. The van der Waals surface area contributed by atoms with E-state index in [2.05, 4.69) is 12.5 Å². The Morgan fingerprint density at radius 3 is 2.35 bits per heavy atom. The summed E-state index contributed by atoms with van der Waals surface area (Å²) in [6, 6.07) is 10.2. The SMILES string of the molecule is C#CCCC(C=C)(CCC#N)S(=O)(=O)c1ccccc1. The van der Waals surface area contributed by atoms with Gasteiger partial charge in [0, 0.05) is 12.8 Å². The van der Waals surface area contributed by atoms with Crippen LogP contribution >= 0.6 is 0 Å². The van der Waals surface area contributed by atoms with Gasteiger partial charge in [0.25, 0.3) is 0 Å². The zero-order valence-corrected chi connectivity index (χ0v) is 12.1. The van der Waals surface area contributed by atoms with Crippen molar-refractivity contribution in [1.82, 2.24) is 0 Å². The van der Waals surface area contributed by atoms with Crippen LogP contribution in [-0.4, -0.2) is 13.2 Å². The van der Waals surface area contributed by atoms with Crippen LogP contribution in [0, 0.1) is 23.7 Å². The Morgan fingerprint density at radius 1 is 1.25 bits per heavy atom. The molecular formula is C16H17NO2S. The van der Waals surface area contributed by atoms with E-state index in [0.29, 0.717) is 6.42 Å². The number of nitrogens with zero attached hydrogens (tertiary/aromatic N) is 1. The van der Waals surface area contributed by atoms with Gasteiger partial charge in [-0.15, -0.1) is 18.9 Å². The van der Waals surface area contributed by atoms with E-state index in [1.54, 1.807) is 30.3 Å². The molecule has 0 saturated carbocycles. The molecule has 0 radical (unpaired) electrons. The minimum atomic E-state index is -3.62. The molecular weight excluding hydrogens is 270 g/mol. The van der Waals surface area contributed by atoms with E-state index in [9.17, 15) is 8.42 Å². The Bertz CT molecular complexity index is 615. The second-order valence-electron chi connectivity index (χ2n) is 4.45. The van der Waals surface area contributed by atoms with E-state index in [0.717, 1.165) is 0 Å². The van der Waals surface area contributed by atoms with Gasteiger partial charge in [-0.05, 0) is 25.0 Å². The van der Waals surface area contributed by atoms with Gasteiger partial charge in [-0.2, -0.15) is 5.26 Å². The highest BCUT2D eigenvalue weighted by atomic mass is 32.2. The monoisotopic (exact) mass is 287 g/mol. The van der Waals surface area contributed by atoms with Crippen LogP contribution in [0.25, 0.3) is 0 Å². The van der Waals surface area contributed by atoms with Crippen molar-refractivity contribution in [3.05, 3.63) is 43.0 Å². The highest BCUT2D eigenvalue weighted by Crippen LogP contribution is 2.35. The average molecular weight is 287 g/mol. The highest BCUT2D eigenvalue weighted by Gasteiger charge is 2.41. The number of hydrogen-bond donors (Lipinski definition) is 0. The summed E-state index contributed by atoms with van der Waals surface area (Å²) in [4.78, 5) is 0.231. The van der Waals surface area contributed by atoms with E-state index >= 15 is 0 Å². The Morgan fingerprint density at radius 2 is 1.85 bits per heavy atom. The molecule has 0 bridgehead atoms. The molecule has 0 aromatic heterocycles. The minimum absolute atomic E-state index is 0.142. The summed E-state index contributed by atoms with van der Waals surface area (Å²) < 4.78 is 24.5. The third-order valence-corrected chi connectivity index (χ3v) is 5.85. The van der Waals surface area contributed by atoms with Gasteiger partial charge in [-0.3, -0.25) is 0 Å². The fraction of sp³-hybridized carbons (Fsp3) is 0.312. The van der Waals surface area contributed by atoms with Crippen molar-refractivity contribution in [3.8, 4) is 18.4 Å². The van der Waals surface area contributed by atoms with E-state index in [-0.39, 0.29) is 24.2 Å². The van der Waals surface area contributed by atoms with Crippen LogP contribution in [0.5, 0.6) is 0 Å². The molecule has 0 fully saturated rings. The molecule has 1 aromatic rings. The normalized spacial score (nSPS) is 13.7. The molecule has 0 spiro atoms. The van der Waals surface area contributed by atoms with Crippen LogP contribution in [0.2, 0.25) is 0 Å². The molecule has 0 aliphatic carbocycles. The third kappa shape index (κ3) is 3.10. The average Bonchev–Trinajstić information content (AvgIpc) is 2.48. The van der Waals surface area contributed by atoms with Gasteiger partial charge in [-0.1, -0.05) is 24.3 Å². The molecule has 0 amide bonds. The molecule has 1 aromatic carbocycles. The number of rotatable bonds is 7. The topological polar surface area (TPSA) is 57.9 Å². The number of terminal acetylenes is 1. The molecule has 0 aliphatic rings. The van der Waals surface area contributed by atoms with Crippen LogP contribution in [0.15, 0.2) is 47.9 Å². The van der Waals surface area contributed by atoms with Crippen LogP contribution < -0.4 is 0 Å². The smallest absolute Gasteiger partial charge is 0.187 e. The van der Waals surface area contributed by atoms with E-state index < -0.39 is 14.6 Å². The molecule has 0 N–H and O–H groups in total. The summed E-state index contributed by atoms with van der Waals surface area (Å²) in [6.45, 7) is 3.67. The Kier molecular flexibility index (Phi) is 5.55. The third-order valence-electron chi connectivity index (χ3n) is 3.31. The summed E-state index contributed by atoms with van der Waals surface area (Å²) in [5.74, 6) is 2.46. The lowest BCUT2D eigenvalue weighted by Crippen LogP contribution is -2.36. The maximum absolute atomic E-state index is 12.8. The Hall–Kier alpha value is -2.04. The molecule has 0 saturated heterocycles. The molecule has 104 valence electrons. The van der Waals surface area contributed by atoms with Gasteiger partial charge in [0.15, 0.2) is 9.84 Å². The Labute approximate surface area is 120 Å². The number of nitriles is 1. The zero-order chi connectivity index (χ0) is 15.1. The van der Waals surface area contributed by atoms with Crippen molar-refractivity contribution in [2.45, 2.75) is 35.3 Å². The molecule has 3 nitrogen and oxygen atoms in total. The molecule has 20 heavy (non-hydrogen) atoms. The lowest BCUT2D eigenvalue weighted by molar-refractivity contribution is 0.519. The first-order chi connectivity index (χ1) is 9.54. The highest BCUT2D eigenvalue weighted by molar-refractivity contribution is 7.93. The first-order valence-electron chi connectivity index (χ1n) is 6.28. The van der Waals surface area contributed by atoms with Crippen LogP contribution in [0.1, 0.15) is 25.7 Å². The van der Waals surface area contributed by atoms with Crippen molar-refractivity contribution in [1.29, 1.82) is 5.26 Å². The largest absolute Gasteiger partial charge is 0.223 e. The second kappa shape index (κ2) is 6.93. The summed E-state index contributed by atoms with van der Waals surface area (Å²) in [6.07, 6.45) is 7.61. The van der Waals surface area contributed by atoms with Crippen molar-refractivity contribution in [3.63, 3.8) is 0 Å². The fourth-order valence-corrected chi connectivity index (χ4v) is 4.04. The molecule has 1 atom stereocenters. The van der Waals surface area contributed by atoms with E-state index in [1.165, 1.54) is 6.08 Å². The number of sulfone groups is 1. The predicted octanol–water partition coefficient (Wildman–Crippen LogP) is 3.10. The second-order valence-corrected chi connectivity index (χ2v) is 6.74. The van der Waals surface area contributed by atoms with Gasteiger partial charge in [-0.25, -0.2) is 8.42 Å². The van der Waals surface area contributed by atoms with Gasteiger partial charge < -0.3 is 0 Å². The molecule has 1 rings (SSSR count). The lowest BCUT2D eigenvalue weighted by Gasteiger charge is -2.29. The Balaban J connectivity index is 3.32. The predicted molar refractivity (Wildman–Crippen MR) is 79.5 cm³/mol. The summed E-state index contributed by atoms with van der Waals surface area (Å²) >= 11 is 0. The standard InChI is InChI=1S/C16H17NO2S/c1-3-5-12-16(4-2,13-9-14-17)20(18,19)15-10-7-6-8-11-15/h1,4,6-8,10-11H,2,5,9,12-13H2. The van der Waals surface area contributed by atoms with Crippen molar-refractivity contribution >= 4 is 9.84 Å². The summed E-state index contributed by atoms with van der Waals surface area (Å²) in [7, 11) is -3.62. The van der Waals surface area contributed by atoms with Gasteiger partial charge in [0.2, 0.25) is 0 Å². The first kappa shape index (κ1) is 16.0. The maximum Gasteiger partial charge on any atom is 0.187 e. The van der Waals surface area contributed by atoms with Crippen LogP contribution in [0.3, 0.4) is 0 Å². The minimum Gasteiger partial charge on any atom is -0.223 e. The van der Waals surface area contributed by atoms with Crippen LogP contribution in [-0.2, 0) is 9.84 Å². The van der Waals surface area contributed by atoms with Gasteiger partial charge >= 0.3 is 0 Å². The molecule has 0 heterocycles. The molecule has 0 aliphatic heterocycles.